The van der Waals surface area contributed by atoms with Crippen LogP contribution in [0.3, 0.4) is 0 Å². The molecular weight excluding hydrogens is 282 g/mol. The number of thiophene rings is 1. The smallest absolute Gasteiger partial charge is 0.350 e. The summed E-state index contributed by atoms with van der Waals surface area (Å²) in [5.41, 5.74) is 0.296. The molecule has 0 aliphatic carbocycles. The third-order valence-corrected chi connectivity index (χ3v) is 3.40. The second-order valence-corrected chi connectivity index (χ2v) is 4.73. The van der Waals surface area contributed by atoms with Crippen LogP contribution in [0.2, 0.25) is 0 Å². The highest BCUT2D eigenvalue weighted by Gasteiger charge is 2.18. The molecular formula is C13H11NO5S. The van der Waals surface area contributed by atoms with Crippen molar-refractivity contribution in [3.05, 3.63) is 40.1 Å². The van der Waals surface area contributed by atoms with Gasteiger partial charge in [0.05, 0.1) is 18.4 Å². The van der Waals surface area contributed by atoms with E-state index in [1.807, 2.05) is 0 Å². The summed E-state index contributed by atoms with van der Waals surface area (Å²) in [4.78, 5) is 23.7. The number of ether oxygens (including phenoxy) is 1. The van der Waals surface area contributed by atoms with E-state index >= 15 is 0 Å². The molecule has 1 heterocycles. The molecule has 0 aliphatic heterocycles. The molecule has 2 aromatic rings. The average Bonchev–Trinajstić information content (AvgIpc) is 2.85. The summed E-state index contributed by atoms with van der Waals surface area (Å²) in [5.74, 6) is -1.64. The Kier molecular flexibility index (Phi) is 3.90. The molecule has 2 rings (SSSR count). The third kappa shape index (κ3) is 2.72. The van der Waals surface area contributed by atoms with Gasteiger partial charge in [0.2, 0.25) is 0 Å². The summed E-state index contributed by atoms with van der Waals surface area (Å²) in [6, 6.07) is 5.18. The van der Waals surface area contributed by atoms with Crippen LogP contribution < -0.4 is 5.32 Å². The van der Waals surface area contributed by atoms with Crippen molar-refractivity contribution >= 4 is 28.9 Å². The fourth-order valence-electron chi connectivity index (χ4n) is 1.56. The number of phenols is 2. The van der Waals surface area contributed by atoms with E-state index in [-0.39, 0.29) is 21.9 Å². The molecule has 1 amide bonds. The van der Waals surface area contributed by atoms with Crippen LogP contribution >= 0.6 is 11.3 Å². The minimum Gasteiger partial charge on any atom is -0.508 e. The van der Waals surface area contributed by atoms with Crippen molar-refractivity contribution in [2.75, 3.05) is 12.4 Å². The van der Waals surface area contributed by atoms with E-state index in [4.69, 9.17) is 0 Å². The molecule has 6 nitrogen and oxygen atoms in total. The normalized spacial score (nSPS) is 10.1. The zero-order chi connectivity index (χ0) is 14.7. The highest BCUT2D eigenvalue weighted by Crippen LogP contribution is 2.26. The SMILES string of the molecule is COC(=O)c1sccc1NC(=O)c1ccc(O)cc1O. The maximum Gasteiger partial charge on any atom is 0.350 e. The van der Waals surface area contributed by atoms with Crippen LogP contribution in [0.5, 0.6) is 11.5 Å². The van der Waals surface area contributed by atoms with Crippen molar-refractivity contribution < 1.29 is 24.5 Å². The van der Waals surface area contributed by atoms with Gasteiger partial charge in [-0.25, -0.2) is 4.79 Å². The molecule has 0 bridgehead atoms. The van der Waals surface area contributed by atoms with E-state index in [1.54, 1.807) is 11.4 Å². The second-order valence-electron chi connectivity index (χ2n) is 3.81. The number of carbonyl (C=O) groups excluding carboxylic acids is 2. The topological polar surface area (TPSA) is 95.9 Å². The Balaban J connectivity index is 2.24. The van der Waals surface area contributed by atoms with Crippen LogP contribution in [-0.4, -0.2) is 29.2 Å². The molecule has 0 atom stereocenters. The summed E-state index contributed by atoms with van der Waals surface area (Å²) in [5, 5.41) is 22.9. The molecule has 0 saturated carbocycles. The van der Waals surface area contributed by atoms with E-state index in [1.165, 1.54) is 19.2 Å². The summed E-state index contributed by atoms with van der Waals surface area (Å²) >= 11 is 1.13. The molecule has 3 N–H and O–H groups in total. The fourth-order valence-corrected chi connectivity index (χ4v) is 2.33. The number of aromatic hydroxyl groups is 2. The van der Waals surface area contributed by atoms with Crippen molar-refractivity contribution in [2.24, 2.45) is 0 Å². The lowest BCUT2D eigenvalue weighted by Gasteiger charge is -2.07. The van der Waals surface area contributed by atoms with Crippen molar-refractivity contribution in [3.8, 4) is 11.5 Å². The number of anilines is 1. The van der Waals surface area contributed by atoms with Gasteiger partial charge < -0.3 is 20.3 Å². The molecule has 1 aromatic carbocycles. The third-order valence-electron chi connectivity index (χ3n) is 2.51. The maximum absolute atomic E-state index is 12.0. The minimum atomic E-state index is -0.592. The summed E-state index contributed by atoms with van der Waals surface area (Å²) in [6.07, 6.45) is 0. The molecule has 1 aromatic heterocycles. The summed E-state index contributed by atoms with van der Waals surface area (Å²) in [7, 11) is 1.25. The van der Waals surface area contributed by atoms with E-state index < -0.39 is 11.9 Å². The van der Waals surface area contributed by atoms with Crippen LogP contribution in [0.15, 0.2) is 29.6 Å². The van der Waals surface area contributed by atoms with Crippen molar-refractivity contribution in [3.63, 3.8) is 0 Å². The maximum atomic E-state index is 12.0. The molecule has 0 spiro atoms. The Morgan fingerprint density at radius 1 is 1.25 bits per heavy atom. The summed E-state index contributed by atoms with van der Waals surface area (Å²) in [6.45, 7) is 0. The van der Waals surface area contributed by atoms with Crippen LogP contribution in [0, 0.1) is 0 Å². The lowest BCUT2D eigenvalue weighted by Crippen LogP contribution is -2.14. The van der Waals surface area contributed by atoms with Gasteiger partial charge in [0, 0.05) is 6.07 Å². The second kappa shape index (κ2) is 5.62. The molecule has 104 valence electrons. The van der Waals surface area contributed by atoms with E-state index in [0.717, 1.165) is 17.4 Å². The number of rotatable bonds is 3. The first-order valence-corrected chi connectivity index (χ1v) is 6.40. The fraction of sp³-hybridized carbons (Fsp3) is 0.0769. The highest BCUT2D eigenvalue weighted by atomic mass is 32.1. The van der Waals surface area contributed by atoms with Gasteiger partial charge in [-0.1, -0.05) is 0 Å². The first kappa shape index (κ1) is 13.9. The molecule has 0 aliphatic rings. The van der Waals surface area contributed by atoms with Crippen molar-refractivity contribution in [1.82, 2.24) is 0 Å². The van der Waals surface area contributed by atoms with Crippen LogP contribution in [0.1, 0.15) is 20.0 Å². The first-order chi connectivity index (χ1) is 9.52. The zero-order valence-electron chi connectivity index (χ0n) is 10.4. The Morgan fingerprint density at radius 2 is 2.00 bits per heavy atom. The van der Waals surface area contributed by atoms with Gasteiger partial charge in [-0.15, -0.1) is 11.3 Å². The lowest BCUT2D eigenvalue weighted by molar-refractivity contribution is 0.0607. The predicted molar refractivity (Wildman–Crippen MR) is 73.4 cm³/mol. The van der Waals surface area contributed by atoms with Crippen LogP contribution in [0.25, 0.3) is 0 Å². The molecule has 0 unspecified atom stereocenters. The van der Waals surface area contributed by atoms with Crippen molar-refractivity contribution in [1.29, 1.82) is 0 Å². The van der Waals surface area contributed by atoms with Gasteiger partial charge in [-0.2, -0.15) is 0 Å². The molecule has 7 heteroatoms. The van der Waals surface area contributed by atoms with Gasteiger partial charge in [0.15, 0.2) is 0 Å². The number of esters is 1. The quantitative estimate of drug-likeness (QED) is 0.754. The zero-order valence-corrected chi connectivity index (χ0v) is 11.2. The van der Waals surface area contributed by atoms with E-state index in [2.05, 4.69) is 10.1 Å². The van der Waals surface area contributed by atoms with Crippen LogP contribution in [-0.2, 0) is 4.74 Å². The van der Waals surface area contributed by atoms with Crippen LogP contribution in [0.4, 0.5) is 5.69 Å². The molecule has 0 fully saturated rings. The Hall–Kier alpha value is -2.54. The number of hydrogen-bond acceptors (Lipinski definition) is 6. The van der Waals surface area contributed by atoms with Gasteiger partial charge in [0.1, 0.15) is 16.4 Å². The number of benzene rings is 1. The number of methoxy groups -OCH3 is 1. The number of carbonyl (C=O) groups is 2. The standard InChI is InChI=1S/C13H11NO5S/c1-19-13(18)11-9(4-5-20-11)14-12(17)8-3-2-7(15)6-10(8)16/h2-6,15-16H,1H3,(H,14,17). The molecule has 0 saturated heterocycles. The number of nitrogens with one attached hydrogen (secondary N) is 1. The largest absolute Gasteiger partial charge is 0.508 e. The Morgan fingerprint density at radius 3 is 2.65 bits per heavy atom. The Bertz CT molecular complexity index is 665. The monoisotopic (exact) mass is 293 g/mol. The van der Waals surface area contributed by atoms with Crippen molar-refractivity contribution in [2.45, 2.75) is 0 Å². The van der Waals surface area contributed by atoms with E-state index in [0.29, 0.717) is 5.69 Å². The minimum absolute atomic E-state index is 0.00943. The number of phenolic OH excluding ortho intramolecular Hbond substituents is 2. The van der Waals surface area contributed by atoms with Gasteiger partial charge in [0.25, 0.3) is 5.91 Å². The molecule has 0 radical (unpaired) electrons. The Labute approximate surface area is 118 Å². The van der Waals surface area contributed by atoms with Gasteiger partial charge >= 0.3 is 5.97 Å². The van der Waals surface area contributed by atoms with Gasteiger partial charge in [-0.05, 0) is 23.6 Å². The number of amides is 1. The molecule has 20 heavy (non-hydrogen) atoms. The average molecular weight is 293 g/mol. The van der Waals surface area contributed by atoms with Gasteiger partial charge in [-0.3, -0.25) is 4.79 Å². The summed E-state index contributed by atoms with van der Waals surface area (Å²) < 4.78 is 4.60. The first-order valence-electron chi connectivity index (χ1n) is 5.52. The lowest BCUT2D eigenvalue weighted by atomic mass is 10.1. The number of hydrogen-bond donors (Lipinski definition) is 3. The van der Waals surface area contributed by atoms with E-state index in [9.17, 15) is 19.8 Å². The highest BCUT2D eigenvalue weighted by molar-refractivity contribution is 7.12. The predicted octanol–water partition coefficient (Wildman–Crippen LogP) is 2.20.